The molecule has 0 aromatic carbocycles. The fourth-order valence-corrected chi connectivity index (χ4v) is 2.02. The third-order valence-electron chi connectivity index (χ3n) is 3.19. The molecule has 1 aliphatic carbocycles. The highest BCUT2D eigenvalue weighted by Gasteiger charge is 2.54. The Morgan fingerprint density at radius 3 is 2.75 bits per heavy atom. The van der Waals surface area contributed by atoms with Crippen molar-refractivity contribution < 1.29 is 14.6 Å². The first kappa shape index (κ1) is 11.1. The van der Waals surface area contributed by atoms with Gasteiger partial charge in [-0.3, -0.25) is 4.98 Å². The minimum absolute atomic E-state index is 0.466. The van der Waals surface area contributed by atoms with Crippen LogP contribution in [0.2, 0.25) is 0 Å². The van der Waals surface area contributed by atoms with Gasteiger partial charge in [0.05, 0.1) is 7.11 Å². The normalized spacial score (nSPS) is 18.9. The number of hydrogen-bond donors (Lipinski definition) is 1. The molecule has 1 aromatic heterocycles. The lowest BCUT2D eigenvalue weighted by atomic mass is 9.90. The SMILES string of the molecule is COC(=O)C(O)C1(c2cncc(C)c2)CC1. The van der Waals surface area contributed by atoms with Crippen LogP contribution in [0.1, 0.15) is 24.0 Å². The first-order valence-electron chi connectivity index (χ1n) is 5.28. The lowest BCUT2D eigenvalue weighted by molar-refractivity contribution is -0.152. The zero-order valence-corrected chi connectivity index (χ0v) is 9.43. The summed E-state index contributed by atoms with van der Waals surface area (Å²) in [6.07, 6.45) is 3.99. The number of rotatable bonds is 3. The summed E-state index contributed by atoms with van der Waals surface area (Å²) < 4.78 is 4.58. The summed E-state index contributed by atoms with van der Waals surface area (Å²) in [5.41, 5.74) is 1.48. The van der Waals surface area contributed by atoms with E-state index in [1.54, 1.807) is 12.4 Å². The monoisotopic (exact) mass is 221 g/mol. The first-order chi connectivity index (χ1) is 7.60. The maximum atomic E-state index is 11.4. The lowest BCUT2D eigenvalue weighted by Crippen LogP contribution is -2.35. The Bertz CT molecular complexity index is 412. The second-order valence-corrected chi connectivity index (χ2v) is 4.33. The summed E-state index contributed by atoms with van der Waals surface area (Å²) in [6.45, 7) is 1.94. The molecule has 0 amide bonds. The number of aliphatic hydroxyl groups excluding tert-OH is 1. The van der Waals surface area contributed by atoms with Gasteiger partial charge in [0.2, 0.25) is 0 Å². The number of nitrogens with zero attached hydrogens (tertiary/aromatic N) is 1. The van der Waals surface area contributed by atoms with E-state index >= 15 is 0 Å². The van der Waals surface area contributed by atoms with Crippen molar-refractivity contribution in [1.82, 2.24) is 4.98 Å². The van der Waals surface area contributed by atoms with Gasteiger partial charge in [0.15, 0.2) is 6.10 Å². The van der Waals surface area contributed by atoms with Crippen LogP contribution in [0.25, 0.3) is 0 Å². The highest BCUT2D eigenvalue weighted by atomic mass is 16.5. The van der Waals surface area contributed by atoms with Gasteiger partial charge in [-0.1, -0.05) is 6.07 Å². The Morgan fingerprint density at radius 1 is 1.56 bits per heavy atom. The first-order valence-corrected chi connectivity index (χ1v) is 5.28. The van der Waals surface area contributed by atoms with Crippen LogP contribution in [0, 0.1) is 6.92 Å². The summed E-state index contributed by atoms with van der Waals surface area (Å²) in [5, 5.41) is 9.95. The third-order valence-corrected chi connectivity index (χ3v) is 3.19. The topological polar surface area (TPSA) is 59.4 Å². The molecule has 1 unspecified atom stereocenters. The van der Waals surface area contributed by atoms with E-state index in [4.69, 9.17) is 0 Å². The second kappa shape index (κ2) is 3.87. The number of aromatic nitrogens is 1. The van der Waals surface area contributed by atoms with Gasteiger partial charge in [0.1, 0.15) is 0 Å². The molecular weight excluding hydrogens is 206 g/mol. The van der Waals surface area contributed by atoms with Gasteiger partial charge >= 0.3 is 5.97 Å². The maximum absolute atomic E-state index is 11.4. The molecule has 1 aliphatic rings. The Morgan fingerprint density at radius 2 is 2.25 bits per heavy atom. The number of pyridine rings is 1. The van der Waals surface area contributed by atoms with Gasteiger partial charge in [-0.15, -0.1) is 0 Å². The third kappa shape index (κ3) is 1.69. The molecule has 2 rings (SSSR count). The molecule has 0 spiro atoms. The van der Waals surface area contributed by atoms with E-state index in [1.165, 1.54) is 7.11 Å². The van der Waals surface area contributed by atoms with Crippen LogP contribution in [-0.2, 0) is 14.9 Å². The molecule has 1 saturated carbocycles. The number of hydrogen-bond acceptors (Lipinski definition) is 4. The fraction of sp³-hybridized carbons (Fsp3) is 0.500. The highest BCUT2D eigenvalue weighted by Crippen LogP contribution is 2.51. The molecular formula is C12H15NO3. The van der Waals surface area contributed by atoms with E-state index in [-0.39, 0.29) is 0 Å². The number of aliphatic hydroxyl groups is 1. The van der Waals surface area contributed by atoms with Crippen LogP contribution >= 0.6 is 0 Å². The number of methoxy groups -OCH3 is 1. The van der Waals surface area contributed by atoms with Crippen LogP contribution in [0.5, 0.6) is 0 Å². The standard InChI is InChI=1S/C12H15NO3/c1-8-5-9(7-13-6-8)12(3-4-12)10(14)11(15)16-2/h5-7,10,14H,3-4H2,1-2H3. The number of esters is 1. The summed E-state index contributed by atoms with van der Waals surface area (Å²) in [5.74, 6) is -0.570. The van der Waals surface area contributed by atoms with E-state index in [9.17, 15) is 9.90 Å². The van der Waals surface area contributed by atoms with E-state index in [2.05, 4.69) is 9.72 Å². The van der Waals surface area contributed by atoms with Crippen molar-refractivity contribution in [3.05, 3.63) is 29.6 Å². The molecule has 16 heavy (non-hydrogen) atoms. The Balaban J connectivity index is 2.29. The highest BCUT2D eigenvalue weighted by molar-refractivity contribution is 5.77. The molecule has 0 aliphatic heterocycles. The van der Waals surface area contributed by atoms with Crippen LogP contribution < -0.4 is 0 Å². The van der Waals surface area contributed by atoms with Crippen molar-refractivity contribution in [2.45, 2.75) is 31.3 Å². The Kier molecular flexibility index (Phi) is 2.68. The quantitative estimate of drug-likeness (QED) is 0.772. The molecule has 1 fully saturated rings. The maximum Gasteiger partial charge on any atom is 0.335 e. The zero-order valence-electron chi connectivity index (χ0n) is 9.43. The van der Waals surface area contributed by atoms with Crippen molar-refractivity contribution in [2.24, 2.45) is 0 Å². The minimum atomic E-state index is -1.08. The van der Waals surface area contributed by atoms with E-state index in [0.717, 1.165) is 24.0 Å². The van der Waals surface area contributed by atoms with E-state index in [1.807, 2.05) is 13.0 Å². The average Bonchev–Trinajstić information content (AvgIpc) is 3.08. The van der Waals surface area contributed by atoms with Crippen molar-refractivity contribution in [1.29, 1.82) is 0 Å². The zero-order chi connectivity index (χ0) is 11.8. The van der Waals surface area contributed by atoms with Crippen LogP contribution in [-0.4, -0.2) is 29.3 Å². The molecule has 4 heteroatoms. The Labute approximate surface area is 94.3 Å². The molecule has 0 saturated heterocycles. The van der Waals surface area contributed by atoms with E-state index < -0.39 is 17.5 Å². The van der Waals surface area contributed by atoms with Crippen molar-refractivity contribution in [3.63, 3.8) is 0 Å². The molecule has 86 valence electrons. The van der Waals surface area contributed by atoms with Crippen molar-refractivity contribution in [3.8, 4) is 0 Å². The molecule has 0 bridgehead atoms. The molecule has 1 aromatic rings. The molecule has 1 atom stereocenters. The summed E-state index contributed by atoms with van der Waals surface area (Å²) in [4.78, 5) is 15.5. The van der Waals surface area contributed by atoms with Gasteiger partial charge < -0.3 is 9.84 Å². The van der Waals surface area contributed by atoms with Gasteiger partial charge in [-0.2, -0.15) is 0 Å². The summed E-state index contributed by atoms with van der Waals surface area (Å²) in [6, 6.07) is 1.96. The second-order valence-electron chi connectivity index (χ2n) is 4.33. The predicted molar refractivity (Wildman–Crippen MR) is 57.9 cm³/mol. The van der Waals surface area contributed by atoms with Gasteiger partial charge in [0, 0.05) is 17.8 Å². The van der Waals surface area contributed by atoms with Gasteiger partial charge in [-0.25, -0.2) is 4.79 Å². The number of aryl methyl sites for hydroxylation is 1. The van der Waals surface area contributed by atoms with Gasteiger partial charge in [0.25, 0.3) is 0 Å². The smallest absolute Gasteiger partial charge is 0.335 e. The fourth-order valence-electron chi connectivity index (χ4n) is 2.02. The molecule has 1 N–H and O–H groups in total. The molecule has 1 heterocycles. The largest absolute Gasteiger partial charge is 0.467 e. The summed E-state index contributed by atoms with van der Waals surface area (Å²) in [7, 11) is 1.29. The molecule has 0 radical (unpaired) electrons. The van der Waals surface area contributed by atoms with Crippen LogP contribution in [0.15, 0.2) is 18.5 Å². The van der Waals surface area contributed by atoms with Crippen molar-refractivity contribution >= 4 is 5.97 Å². The van der Waals surface area contributed by atoms with Gasteiger partial charge in [-0.05, 0) is 30.9 Å². The Hall–Kier alpha value is -1.42. The van der Waals surface area contributed by atoms with E-state index in [0.29, 0.717) is 0 Å². The predicted octanol–water partition coefficient (Wildman–Crippen LogP) is 0.956. The van der Waals surface area contributed by atoms with Crippen LogP contribution in [0.3, 0.4) is 0 Å². The number of carbonyl (C=O) groups is 1. The number of ether oxygens (including phenoxy) is 1. The van der Waals surface area contributed by atoms with Crippen LogP contribution in [0.4, 0.5) is 0 Å². The van der Waals surface area contributed by atoms with Crippen molar-refractivity contribution in [2.75, 3.05) is 7.11 Å². The number of carbonyl (C=O) groups excluding carboxylic acids is 1. The average molecular weight is 221 g/mol. The lowest BCUT2D eigenvalue weighted by Gasteiger charge is -2.20. The summed E-state index contributed by atoms with van der Waals surface area (Å²) >= 11 is 0. The molecule has 4 nitrogen and oxygen atoms in total. The minimum Gasteiger partial charge on any atom is -0.467 e.